The van der Waals surface area contributed by atoms with Gasteiger partial charge in [0.2, 0.25) is 5.89 Å². The lowest BCUT2D eigenvalue weighted by Crippen LogP contribution is -2.41. The number of rotatable bonds is 4. The SMILES string of the molecule is Cc1noc([C@@H]2CCCCN2C(=O)COc2ccccc2F)n1. The van der Waals surface area contributed by atoms with Gasteiger partial charge in [0.05, 0.1) is 0 Å². The van der Waals surface area contributed by atoms with Crippen molar-refractivity contribution in [3.63, 3.8) is 0 Å². The first kappa shape index (κ1) is 15.5. The van der Waals surface area contributed by atoms with Gasteiger partial charge in [-0.3, -0.25) is 4.79 Å². The molecule has 1 fully saturated rings. The lowest BCUT2D eigenvalue weighted by Gasteiger charge is -2.33. The maximum absolute atomic E-state index is 13.5. The molecule has 0 N–H and O–H groups in total. The number of nitrogens with zero attached hydrogens (tertiary/aromatic N) is 3. The summed E-state index contributed by atoms with van der Waals surface area (Å²) in [5.41, 5.74) is 0. The van der Waals surface area contributed by atoms with Gasteiger partial charge in [-0.1, -0.05) is 17.3 Å². The van der Waals surface area contributed by atoms with Crippen molar-refractivity contribution >= 4 is 5.91 Å². The Labute approximate surface area is 133 Å². The van der Waals surface area contributed by atoms with Gasteiger partial charge in [0, 0.05) is 6.54 Å². The number of hydrogen-bond donors (Lipinski definition) is 0. The smallest absolute Gasteiger partial charge is 0.261 e. The van der Waals surface area contributed by atoms with Gasteiger partial charge in [0.25, 0.3) is 5.91 Å². The zero-order valence-corrected chi connectivity index (χ0v) is 12.9. The molecule has 1 aromatic heterocycles. The Hall–Kier alpha value is -2.44. The maximum Gasteiger partial charge on any atom is 0.261 e. The molecule has 1 amide bonds. The normalized spacial score (nSPS) is 18.0. The number of ether oxygens (including phenoxy) is 1. The van der Waals surface area contributed by atoms with Gasteiger partial charge in [-0.05, 0) is 38.3 Å². The van der Waals surface area contributed by atoms with Crippen LogP contribution in [0.5, 0.6) is 5.75 Å². The minimum Gasteiger partial charge on any atom is -0.481 e. The summed E-state index contributed by atoms with van der Waals surface area (Å²) < 4.78 is 24.1. The number of para-hydroxylation sites is 1. The molecule has 0 unspecified atom stereocenters. The first-order chi connectivity index (χ1) is 11.1. The number of piperidine rings is 1. The summed E-state index contributed by atoms with van der Waals surface area (Å²) in [6, 6.07) is 5.79. The maximum atomic E-state index is 13.5. The van der Waals surface area contributed by atoms with Gasteiger partial charge in [-0.25, -0.2) is 4.39 Å². The molecule has 1 aliphatic heterocycles. The van der Waals surface area contributed by atoms with Crippen molar-refractivity contribution in [3.05, 3.63) is 41.8 Å². The number of likely N-dealkylation sites (tertiary alicyclic amines) is 1. The predicted octanol–water partition coefficient (Wildman–Crippen LogP) is 2.65. The minimum absolute atomic E-state index is 0.0723. The van der Waals surface area contributed by atoms with E-state index in [0.29, 0.717) is 18.3 Å². The van der Waals surface area contributed by atoms with Crippen molar-refractivity contribution in [3.8, 4) is 5.75 Å². The number of halogens is 1. The van der Waals surface area contributed by atoms with Crippen molar-refractivity contribution in [1.82, 2.24) is 15.0 Å². The lowest BCUT2D eigenvalue weighted by molar-refractivity contribution is -0.138. The van der Waals surface area contributed by atoms with Gasteiger partial charge in [-0.2, -0.15) is 4.98 Å². The molecule has 1 atom stereocenters. The van der Waals surface area contributed by atoms with E-state index in [1.54, 1.807) is 24.0 Å². The fraction of sp³-hybridized carbons (Fsp3) is 0.438. The molecule has 0 saturated carbocycles. The quantitative estimate of drug-likeness (QED) is 0.866. The largest absolute Gasteiger partial charge is 0.481 e. The standard InChI is InChI=1S/C16H18FN3O3/c1-11-18-16(23-19-11)13-7-4-5-9-20(13)15(21)10-22-14-8-3-2-6-12(14)17/h2-3,6,8,13H,4-5,7,9-10H2,1H3/t13-/m0/s1. The Morgan fingerprint density at radius 2 is 2.26 bits per heavy atom. The monoisotopic (exact) mass is 319 g/mol. The Morgan fingerprint density at radius 3 is 3.00 bits per heavy atom. The topological polar surface area (TPSA) is 68.5 Å². The molecule has 1 aliphatic rings. The summed E-state index contributed by atoms with van der Waals surface area (Å²) in [6.45, 7) is 2.12. The van der Waals surface area contributed by atoms with Crippen molar-refractivity contribution in [2.75, 3.05) is 13.2 Å². The van der Waals surface area contributed by atoms with E-state index in [4.69, 9.17) is 9.26 Å². The second-order valence-electron chi connectivity index (χ2n) is 5.50. The average Bonchev–Trinajstić information content (AvgIpc) is 3.00. The molecule has 122 valence electrons. The average molecular weight is 319 g/mol. The Kier molecular flexibility index (Phi) is 4.55. The van der Waals surface area contributed by atoms with Crippen LogP contribution in [0.4, 0.5) is 4.39 Å². The predicted molar refractivity (Wildman–Crippen MR) is 79.2 cm³/mol. The number of benzene rings is 1. The number of carbonyl (C=O) groups is 1. The number of aryl methyl sites for hydroxylation is 1. The Morgan fingerprint density at radius 1 is 1.43 bits per heavy atom. The summed E-state index contributed by atoms with van der Waals surface area (Å²) in [5, 5.41) is 3.79. The summed E-state index contributed by atoms with van der Waals surface area (Å²) in [6.07, 6.45) is 2.67. The van der Waals surface area contributed by atoms with E-state index in [0.717, 1.165) is 19.3 Å². The highest BCUT2D eigenvalue weighted by atomic mass is 19.1. The summed E-state index contributed by atoms with van der Waals surface area (Å²) in [5.74, 6) is 0.363. The number of hydrogen-bond acceptors (Lipinski definition) is 5. The van der Waals surface area contributed by atoms with E-state index in [1.165, 1.54) is 12.1 Å². The van der Waals surface area contributed by atoms with Gasteiger partial charge in [-0.15, -0.1) is 0 Å². The molecule has 23 heavy (non-hydrogen) atoms. The van der Waals surface area contributed by atoms with Crippen LogP contribution >= 0.6 is 0 Å². The molecule has 2 heterocycles. The van der Waals surface area contributed by atoms with Gasteiger partial charge < -0.3 is 14.2 Å². The Bertz CT molecular complexity index is 689. The van der Waals surface area contributed by atoms with Crippen molar-refractivity contribution in [2.45, 2.75) is 32.2 Å². The first-order valence-corrected chi connectivity index (χ1v) is 7.62. The zero-order valence-electron chi connectivity index (χ0n) is 12.9. The van der Waals surface area contributed by atoms with Crippen LogP contribution in [0.25, 0.3) is 0 Å². The highest BCUT2D eigenvalue weighted by Crippen LogP contribution is 2.30. The third kappa shape index (κ3) is 3.49. The number of amides is 1. The first-order valence-electron chi connectivity index (χ1n) is 7.62. The second-order valence-corrected chi connectivity index (χ2v) is 5.50. The highest BCUT2D eigenvalue weighted by Gasteiger charge is 2.32. The third-order valence-electron chi connectivity index (χ3n) is 3.84. The van der Waals surface area contributed by atoms with Crippen LogP contribution in [0, 0.1) is 12.7 Å². The van der Waals surface area contributed by atoms with Gasteiger partial charge in [0.1, 0.15) is 6.04 Å². The van der Waals surface area contributed by atoms with E-state index >= 15 is 0 Å². The summed E-state index contributed by atoms with van der Waals surface area (Å²) >= 11 is 0. The van der Waals surface area contributed by atoms with Crippen molar-refractivity contribution in [1.29, 1.82) is 0 Å². The molecule has 0 spiro atoms. The minimum atomic E-state index is -0.483. The van der Waals surface area contributed by atoms with Crippen molar-refractivity contribution < 1.29 is 18.4 Å². The summed E-state index contributed by atoms with van der Waals surface area (Å²) in [4.78, 5) is 18.4. The molecular formula is C16H18FN3O3. The van der Waals surface area contributed by atoms with Crippen LogP contribution in [0.15, 0.2) is 28.8 Å². The van der Waals surface area contributed by atoms with E-state index in [2.05, 4.69) is 10.1 Å². The molecule has 0 aliphatic carbocycles. The zero-order chi connectivity index (χ0) is 16.2. The molecule has 0 radical (unpaired) electrons. The second kappa shape index (κ2) is 6.76. The molecule has 1 saturated heterocycles. The van der Waals surface area contributed by atoms with Crippen molar-refractivity contribution in [2.24, 2.45) is 0 Å². The van der Waals surface area contributed by atoms with E-state index in [1.807, 2.05) is 0 Å². The van der Waals surface area contributed by atoms with E-state index in [-0.39, 0.29) is 24.3 Å². The highest BCUT2D eigenvalue weighted by molar-refractivity contribution is 5.78. The fourth-order valence-corrected chi connectivity index (χ4v) is 2.72. The van der Waals surface area contributed by atoms with Crippen LogP contribution in [-0.4, -0.2) is 34.1 Å². The lowest BCUT2D eigenvalue weighted by atomic mass is 10.0. The fourth-order valence-electron chi connectivity index (χ4n) is 2.72. The van der Waals surface area contributed by atoms with Crippen LogP contribution in [0.2, 0.25) is 0 Å². The molecule has 0 bridgehead atoms. The molecule has 3 rings (SSSR count). The Balaban J connectivity index is 1.68. The number of aromatic nitrogens is 2. The molecule has 6 nitrogen and oxygen atoms in total. The molecule has 7 heteroatoms. The summed E-state index contributed by atoms with van der Waals surface area (Å²) in [7, 11) is 0. The molecule has 2 aromatic rings. The van der Waals surface area contributed by atoms with E-state index < -0.39 is 5.82 Å². The molecule has 1 aromatic carbocycles. The molecular weight excluding hydrogens is 301 g/mol. The van der Waals surface area contributed by atoms with Crippen LogP contribution in [0.3, 0.4) is 0 Å². The number of carbonyl (C=O) groups excluding carboxylic acids is 1. The van der Waals surface area contributed by atoms with Gasteiger partial charge >= 0.3 is 0 Å². The van der Waals surface area contributed by atoms with Crippen LogP contribution < -0.4 is 4.74 Å². The van der Waals surface area contributed by atoms with Crippen LogP contribution in [0.1, 0.15) is 37.0 Å². The van der Waals surface area contributed by atoms with E-state index in [9.17, 15) is 9.18 Å². The third-order valence-corrected chi connectivity index (χ3v) is 3.84. The van der Waals surface area contributed by atoms with Gasteiger partial charge in [0.15, 0.2) is 24.0 Å². The van der Waals surface area contributed by atoms with Crippen LogP contribution in [-0.2, 0) is 4.79 Å².